The molecule has 0 bridgehead atoms. The minimum absolute atomic E-state index is 0.554. The van der Waals surface area contributed by atoms with Crippen molar-refractivity contribution < 1.29 is 13.3 Å². The summed E-state index contributed by atoms with van der Waals surface area (Å²) in [6, 6.07) is 0. The van der Waals surface area contributed by atoms with Gasteiger partial charge in [-0.15, -0.1) is 0 Å². The lowest BCUT2D eigenvalue weighted by Crippen LogP contribution is -2.60. The van der Waals surface area contributed by atoms with Crippen molar-refractivity contribution in [3.8, 4) is 0 Å². The molecule has 0 aliphatic carbocycles. The van der Waals surface area contributed by atoms with Gasteiger partial charge in [0.25, 0.3) is 0 Å². The van der Waals surface area contributed by atoms with E-state index in [0.717, 1.165) is 12.8 Å². The van der Waals surface area contributed by atoms with E-state index in [1.807, 2.05) is 20.8 Å². The summed E-state index contributed by atoms with van der Waals surface area (Å²) in [5, 5.41) is 0. The highest BCUT2D eigenvalue weighted by Gasteiger charge is 2.57. The van der Waals surface area contributed by atoms with Crippen LogP contribution in [0.4, 0.5) is 0 Å². The smallest absolute Gasteiger partial charge is 0.372 e. The van der Waals surface area contributed by atoms with E-state index in [2.05, 4.69) is 32.2 Å². The SMILES string of the molecule is CCCC(S)(S)[Si](OCC)(OCC)OCC. The van der Waals surface area contributed by atoms with Gasteiger partial charge < -0.3 is 13.3 Å². The van der Waals surface area contributed by atoms with Gasteiger partial charge in [0.2, 0.25) is 0 Å². The quantitative estimate of drug-likeness (QED) is 0.387. The van der Waals surface area contributed by atoms with Crippen LogP contribution in [0.15, 0.2) is 0 Å². The monoisotopic (exact) mass is 284 g/mol. The summed E-state index contributed by atoms with van der Waals surface area (Å²) >= 11 is 9.20. The third-order valence-electron chi connectivity index (χ3n) is 2.09. The Bertz CT molecular complexity index is 174. The first-order valence-electron chi connectivity index (χ1n) is 5.86. The Balaban J connectivity index is 4.96. The topological polar surface area (TPSA) is 27.7 Å². The highest BCUT2D eigenvalue weighted by molar-refractivity contribution is 8.03. The van der Waals surface area contributed by atoms with Gasteiger partial charge in [-0.2, -0.15) is 25.3 Å². The molecule has 0 aromatic carbocycles. The predicted molar refractivity (Wildman–Crippen MR) is 76.2 cm³/mol. The van der Waals surface area contributed by atoms with Crippen LogP contribution in [0.3, 0.4) is 0 Å². The van der Waals surface area contributed by atoms with Crippen molar-refractivity contribution in [1.29, 1.82) is 0 Å². The van der Waals surface area contributed by atoms with Gasteiger partial charge in [-0.25, -0.2) is 0 Å². The molecule has 0 rings (SSSR count). The molecule has 0 aliphatic heterocycles. The standard InChI is InChI=1S/C10H24O3S2Si/c1-5-9-10(14,15)16(11-6-2,12-7-3)13-8-4/h14-15H,5-9H2,1-4H3. The minimum atomic E-state index is -2.82. The van der Waals surface area contributed by atoms with Crippen molar-refractivity contribution in [2.45, 2.75) is 44.2 Å². The predicted octanol–water partition coefficient (Wildman–Crippen LogP) is 2.93. The molecule has 0 radical (unpaired) electrons. The molecular weight excluding hydrogens is 260 g/mol. The van der Waals surface area contributed by atoms with Gasteiger partial charge in [0.1, 0.15) is 3.70 Å². The second kappa shape index (κ2) is 8.00. The summed E-state index contributed by atoms with van der Waals surface area (Å²) in [5.74, 6) is 0. The Labute approximate surface area is 111 Å². The first-order chi connectivity index (χ1) is 7.49. The molecule has 0 atom stereocenters. The van der Waals surface area contributed by atoms with Crippen LogP contribution in [0.2, 0.25) is 0 Å². The second-order valence-electron chi connectivity index (χ2n) is 3.42. The molecule has 0 saturated carbocycles. The second-order valence-corrected chi connectivity index (χ2v) is 8.98. The fourth-order valence-corrected chi connectivity index (χ4v) is 5.79. The fraction of sp³-hybridized carbons (Fsp3) is 1.00. The van der Waals surface area contributed by atoms with E-state index >= 15 is 0 Å². The molecule has 0 aromatic heterocycles. The van der Waals surface area contributed by atoms with E-state index in [0.29, 0.717) is 19.8 Å². The van der Waals surface area contributed by atoms with E-state index in [9.17, 15) is 0 Å². The molecule has 0 unspecified atom stereocenters. The van der Waals surface area contributed by atoms with Crippen LogP contribution in [0.25, 0.3) is 0 Å². The summed E-state index contributed by atoms with van der Waals surface area (Å²) in [6.45, 7) is 9.55. The van der Waals surface area contributed by atoms with Crippen molar-refractivity contribution in [2.75, 3.05) is 19.8 Å². The molecule has 0 saturated heterocycles. The van der Waals surface area contributed by atoms with Crippen LogP contribution < -0.4 is 0 Å². The molecule has 0 fully saturated rings. The van der Waals surface area contributed by atoms with Gasteiger partial charge in [-0.3, -0.25) is 0 Å². The molecule has 0 aliphatic rings. The maximum Gasteiger partial charge on any atom is 0.527 e. The summed E-state index contributed by atoms with van der Waals surface area (Å²) in [6.07, 6.45) is 1.76. The first-order valence-corrected chi connectivity index (χ1v) is 8.48. The lowest BCUT2D eigenvalue weighted by molar-refractivity contribution is 0.0661. The third kappa shape index (κ3) is 4.23. The zero-order chi connectivity index (χ0) is 12.7. The van der Waals surface area contributed by atoms with Crippen LogP contribution in [0.1, 0.15) is 40.5 Å². The zero-order valence-electron chi connectivity index (χ0n) is 10.7. The molecule has 0 amide bonds. The van der Waals surface area contributed by atoms with E-state index in [-0.39, 0.29) is 0 Å². The number of rotatable bonds is 9. The molecule has 0 N–H and O–H groups in total. The van der Waals surface area contributed by atoms with Gasteiger partial charge in [0.05, 0.1) is 0 Å². The highest BCUT2D eigenvalue weighted by atomic mass is 32.2. The summed E-state index contributed by atoms with van der Waals surface area (Å²) in [5.41, 5.74) is 0. The molecule has 3 nitrogen and oxygen atoms in total. The summed E-state index contributed by atoms with van der Waals surface area (Å²) in [7, 11) is -2.82. The van der Waals surface area contributed by atoms with Crippen molar-refractivity contribution in [2.24, 2.45) is 0 Å². The summed E-state index contributed by atoms with van der Waals surface area (Å²) < 4.78 is 16.7. The lowest BCUT2D eigenvalue weighted by atomic mass is 10.4. The Kier molecular flexibility index (Phi) is 8.40. The maximum atomic E-state index is 5.77. The molecule has 98 valence electrons. The van der Waals surface area contributed by atoms with Gasteiger partial charge in [-0.1, -0.05) is 13.3 Å². The fourth-order valence-electron chi connectivity index (χ4n) is 1.54. The van der Waals surface area contributed by atoms with Crippen LogP contribution in [-0.2, 0) is 13.3 Å². The van der Waals surface area contributed by atoms with Crippen molar-refractivity contribution in [1.82, 2.24) is 0 Å². The molecule has 0 aromatic rings. The average molecular weight is 285 g/mol. The third-order valence-corrected chi connectivity index (χ3v) is 7.42. The van der Waals surface area contributed by atoms with Crippen LogP contribution in [-0.4, -0.2) is 32.3 Å². The lowest BCUT2D eigenvalue weighted by Gasteiger charge is -2.39. The number of hydrogen-bond donors (Lipinski definition) is 2. The van der Waals surface area contributed by atoms with E-state index in [1.54, 1.807) is 0 Å². The molecular formula is C10H24O3S2Si. The molecule has 16 heavy (non-hydrogen) atoms. The van der Waals surface area contributed by atoms with Gasteiger partial charge in [0.15, 0.2) is 0 Å². The summed E-state index contributed by atoms with van der Waals surface area (Å²) in [4.78, 5) is 0. The normalized spacial score (nSPS) is 13.1. The average Bonchev–Trinajstić information content (AvgIpc) is 2.18. The van der Waals surface area contributed by atoms with Crippen molar-refractivity contribution in [3.05, 3.63) is 0 Å². The van der Waals surface area contributed by atoms with Gasteiger partial charge in [-0.05, 0) is 27.2 Å². The Morgan fingerprint density at radius 3 is 1.50 bits per heavy atom. The molecule has 0 spiro atoms. The maximum absolute atomic E-state index is 5.77. The van der Waals surface area contributed by atoms with Crippen molar-refractivity contribution in [3.63, 3.8) is 0 Å². The van der Waals surface area contributed by atoms with Gasteiger partial charge in [0, 0.05) is 19.8 Å². The zero-order valence-corrected chi connectivity index (χ0v) is 13.4. The molecule has 0 heterocycles. The van der Waals surface area contributed by atoms with E-state index < -0.39 is 12.5 Å². The van der Waals surface area contributed by atoms with E-state index in [4.69, 9.17) is 13.3 Å². The van der Waals surface area contributed by atoms with Crippen molar-refractivity contribution >= 4 is 34.1 Å². The molecule has 6 heteroatoms. The largest absolute Gasteiger partial charge is 0.527 e. The first kappa shape index (κ1) is 16.8. The van der Waals surface area contributed by atoms with Crippen LogP contribution in [0, 0.1) is 0 Å². The van der Waals surface area contributed by atoms with Gasteiger partial charge >= 0.3 is 8.80 Å². The Hall–Kier alpha value is 0.797. The van der Waals surface area contributed by atoms with Crippen LogP contribution >= 0.6 is 25.3 Å². The minimum Gasteiger partial charge on any atom is -0.372 e. The Morgan fingerprint density at radius 1 is 0.875 bits per heavy atom. The Morgan fingerprint density at radius 2 is 1.25 bits per heavy atom. The van der Waals surface area contributed by atoms with E-state index in [1.165, 1.54) is 0 Å². The number of hydrogen-bond acceptors (Lipinski definition) is 5. The number of thiol groups is 2. The highest BCUT2D eigenvalue weighted by Crippen LogP contribution is 2.38. The van der Waals surface area contributed by atoms with Crippen LogP contribution in [0.5, 0.6) is 0 Å².